The van der Waals surface area contributed by atoms with Crippen molar-refractivity contribution in [1.82, 2.24) is 0 Å². The summed E-state index contributed by atoms with van der Waals surface area (Å²) in [6.45, 7) is 23.1. The third-order valence-corrected chi connectivity index (χ3v) is 15.6. The third-order valence-electron chi connectivity index (χ3n) is 15.6. The van der Waals surface area contributed by atoms with E-state index in [4.69, 9.17) is 14.9 Å². The average molecular weight is 638 g/mol. The molecule has 0 aromatic heterocycles. The standard InChI is InChI=1S/C40H63NO5/c1-25(2)27-13-18-40(21-26(42)24-41)20-19-38(8)28(34(27)40)11-12-30-37(7)16-15-31(36(5,6)29(37)14-17-39(30,38)9)46-33(44)23-35(3,4)22-32(43)45-10/h24,27-31,34,41H,1,11-23H2,2-10H3/t27-,28?,29?,30?,31-,34?,37-,38+,39+,40+/m0/s1. The largest absolute Gasteiger partial charge is 0.469 e. The lowest BCUT2D eigenvalue weighted by molar-refractivity contribution is -0.250. The molecule has 258 valence electrons. The average Bonchev–Trinajstić information content (AvgIpc) is 3.33. The first kappa shape index (κ1) is 35.3. The van der Waals surface area contributed by atoms with Gasteiger partial charge < -0.3 is 14.9 Å². The predicted octanol–water partition coefficient (Wildman–Crippen LogP) is 9.14. The van der Waals surface area contributed by atoms with Crippen molar-refractivity contribution in [2.45, 2.75) is 145 Å². The Kier molecular flexibility index (Phi) is 9.11. The fraction of sp³-hybridized carbons (Fsp3) is 0.850. The number of ketones is 1. The van der Waals surface area contributed by atoms with Crippen LogP contribution in [0.3, 0.4) is 0 Å². The van der Waals surface area contributed by atoms with Gasteiger partial charge in [0.25, 0.3) is 0 Å². The van der Waals surface area contributed by atoms with Gasteiger partial charge in [0.2, 0.25) is 0 Å². The normalized spacial score (nSPS) is 42.8. The van der Waals surface area contributed by atoms with Crippen molar-refractivity contribution in [3.8, 4) is 0 Å². The number of Topliss-reactive ketones (excluding diaryl/α,β-unsaturated/α-hetero) is 1. The zero-order valence-electron chi connectivity index (χ0n) is 30.5. The number of hydrogen-bond donors (Lipinski definition) is 1. The predicted molar refractivity (Wildman–Crippen MR) is 182 cm³/mol. The Morgan fingerprint density at radius 2 is 1.52 bits per heavy atom. The summed E-state index contributed by atoms with van der Waals surface area (Å²) in [5, 5.41) is 7.71. The van der Waals surface area contributed by atoms with E-state index in [1.165, 1.54) is 38.4 Å². The number of carbonyl (C=O) groups is 3. The van der Waals surface area contributed by atoms with Crippen molar-refractivity contribution in [3.63, 3.8) is 0 Å². The Labute approximate surface area is 279 Å². The molecular weight excluding hydrogens is 574 g/mol. The molecular formula is C40H63NO5. The molecule has 6 heteroatoms. The fourth-order valence-corrected chi connectivity index (χ4v) is 13.3. The van der Waals surface area contributed by atoms with Crippen molar-refractivity contribution in [3.05, 3.63) is 12.2 Å². The Bertz CT molecular complexity index is 1270. The minimum Gasteiger partial charge on any atom is -0.469 e. The molecule has 0 aromatic carbocycles. The van der Waals surface area contributed by atoms with Gasteiger partial charge in [-0.1, -0.05) is 60.6 Å². The van der Waals surface area contributed by atoms with Crippen LogP contribution in [0.15, 0.2) is 12.2 Å². The zero-order valence-corrected chi connectivity index (χ0v) is 30.5. The van der Waals surface area contributed by atoms with Crippen LogP contribution < -0.4 is 0 Å². The summed E-state index contributed by atoms with van der Waals surface area (Å²) in [7, 11) is 1.39. The smallest absolute Gasteiger partial charge is 0.306 e. The number of fused-ring (bicyclic) bond motifs is 7. The molecule has 5 aliphatic rings. The molecule has 5 aliphatic carbocycles. The lowest BCUT2D eigenvalue weighted by Crippen LogP contribution is -2.66. The molecule has 4 unspecified atom stereocenters. The summed E-state index contributed by atoms with van der Waals surface area (Å²) < 4.78 is 11.2. The second-order valence-corrected chi connectivity index (χ2v) is 18.8. The lowest BCUT2D eigenvalue weighted by Gasteiger charge is -2.73. The van der Waals surface area contributed by atoms with Crippen molar-refractivity contribution in [2.24, 2.45) is 62.1 Å². The molecule has 5 fully saturated rings. The molecule has 46 heavy (non-hydrogen) atoms. The second kappa shape index (κ2) is 11.9. The van der Waals surface area contributed by atoms with Crippen LogP contribution in [0.4, 0.5) is 0 Å². The first-order chi connectivity index (χ1) is 21.3. The molecule has 10 atom stereocenters. The molecule has 0 bridgehead atoms. The van der Waals surface area contributed by atoms with E-state index >= 15 is 0 Å². The van der Waals surface area contributed by atoms with E-state index in [1.54, 1.807) is 0 Å². The molecule has 0 aliphatic heterocycles. The zero-order chi connectivity index (χ0) is 34.1. The minimum atomic E-state index is -0.509. The van der Waals surface area contributed by atoms with Crippen LogP contribution in [-0.4, -0.2) is 37.2 Å². The first-order valence-electron chi connectivity index (χ1n) is 18.3. The highest BCUT2D eigenvalue weighted by molar-refractivity contribution is 6.26. The highest BCUT2D eigenvalue weighted by Crippen LogP contribution is 2.78. The third kappa shape index (κ3) is 5.44. The molecule has 0 spiro atoms. The van der Waals surface area contributed by atoms with Crippen LogP contribution in [0.2, 0.25) is 0 Å². The Morgan fingerprint density at radius 1 is 0.848 bits per heavy atom. The van der Waals surface area contributed by atoms with Crippen LogP contribution in [-0.2, 0) is 23.9 Å². The second-order valence-electron chi connectivity index (χ2n) is 18.8. The van der Waals surface area contributed by atoms with Crippen LogP contribution in [0.25, 0.3) is 0 Å². The van der Waals surface area contributed by atoms with Gasteiger partial charge in [0, 0.05) is 11.8 Å². The van der Waals surface area contributed by atoms with E-state index in [2.05, 4.69) is 48.1 Å². The van der Waals surface area contributed by atoms with Crippen molar-refractivity contribution in [2.75, 3.05) is 7.11 Å². The van der Waals surface area contributed by atoms with Crippen molar-refractivity contribution in [1.29, 1.82) is 5.41 Å². The van der Waals surface area contributed by atoms with Gasteiger partial charge >= 0.3 is 11.9 Å². The molecule has 5 saturated carbocycles. The van der Waals surface area contributed by atoms with Gasteiger partial charge in [0.05, 0.1) is 26.2 Å². The SMILES string of the molecule is C=C(C)[C@@H]1CC[C@]2(CC(=O)C=N)CC[C@]3(C)C(CCC4[C@@]5(C)CC[C@H](OC(=O)CC(C)(C)CC(=O)OC)C(C)(C)C5CC[C@]43C)C12. The number of rotatable bonds is 9. The summed E-state index contributed by atoms with van der Waals surface area (Å²) in [6, 6.07) is 0. The number of methoxy groups -OCH3 is 1. The summed E-state index contributed by atoms with van der Waals surface area (Å²) in [4.78, 5) is 38.0. The van der Waals surface area contributed by atoms with Gasteiger partial charge in [-0.15, -0.1) is 0 Å². The fourth-order valence-electron chi connectivity index (χ4n) is 13.3. The number of hydrogen-bond acceptors (Lipinski definition) is 6. The van der Waals surface area contributed by atoms with Gasteiger partial charge in [-0.05, 0) is 128 Å². The Balaban J connectivity index is 1.38. The molecule has 5 rings (SSSR count). The van der Waals surface area contributed by atoms with Gasteiger partial charge in [-0.25, -0.2) is 0 Å². The summed E-state index contributed by atoms with van der Waals surface area (Å²) in [6.07, 6.45) is 13.1. The van der Waals surface area contributed by atoms with Crippen LogP contribution >= 0.6 is 0 Å². The van der Waals surface area contributed by atoms with E-state index in [9.17, 15) is 14.4 Å². The quantitative estimate of drug-likeness (QED) is 0.155. The number of allylic oxidation sites excluding steroid dienone is 1. The molecule has 1 N–H and O–H groups in total. The molecule has 0 saturated heterocycles. The van der Waals surface area contributed by atoms with E-state index in [-0.39, 0.29) is 63.7 Å². The lowest BCUT2D eigenvalue weighted by atomic mass is 9.32. The van der Waals surface area contributed by atoms with Crippen molar-refractivity contribution < 1.29 is 23.9 Å². The number of nitrogens with one attached hydrogen (secondary N) is 1. The minimum absolute atomic E-state index is 0.00407. The number of ether oxygens (including phenoxy) is 2. The molecule has 0 radical (unpaired) electrons. The monoisotopic (exact) mass is 637 g/mol. The van der Waals surface area contributed by atoms with Crippen LogP contribution in [0.5, 0.6) is 0 Å². The van der Waals surface area contributed by atoms with Gasteiger partial charge in [-0.2, -0.15) is 0 Å². The van der Waals surface area contributed by atoms with Gasteiger partial charge in [-0.3, -0.25) is 14.4 Å². The van der Waals surface area contributed by atoms with Crippen molar-refractivity contribution >= 4 is 23.9 Å². The van der Waals surface area contributed by atoms with E-state index < -0.39 is 5.41 Å². The highest BCUT2D eigenvalue weighted by Gasteiger charge is 2.71. The van der Waals surface area contributed by atoms with E-state index in [0.717, 1.165) is 44.7 Å². The maximum Gasteiger partial charge on any atom is 0.306 e. The highest BCUT2D eigenvalue weighted by atomic mass is 16.5. The topological polar surface area (TPSA) is 93.5 Å². The van der Waals surface area contributed by atoms with Crippen LogP contribution in [0, 0.1) is 67.5 Å². The van der Waals surface area contributed by atoms with Crippen LogP contribution in [0.1, 0.15) is 139 Å². The van der Waals surface area contributed by atoms with E-state index in [0.29, 0.717) is 36.0 Å². The summed E-state index contributed by atoms with van der Waals surface area (Å²) in [5.41, 5.74) is 1.23. The van der Waals surface area contributed by atoms with Gasteiger partial charge in [0.1, 0.15) is 6.10 Å². The molecule has 0 heterocycles. The Morgan fingerprint density at radius 3 is 2.15 bits per heavy atom. The summed E-state index contributed by atoms with van der Waals surface area (Å²) in [5.74, 6) is 2.08. The first-order valence-corrected chi connectivity index (χ1v) is 18.3. The maximum atomic E-state index is 13.3. The Hall–Kier alpha value is -1.98. The van der Waals surface area contributed by atoms with E-state index in [1.807, 2.05) is 13.8 Å². The summed E-state index contributed by atoms with van der Waals surface area (Å²) >= 11 is 0. The maximum absolute atomic E-state index is 13.3. The molecule has 0 amide bonds. The molecule has 6 nitrogen and oxygen atoms in total. The molecule has 0 aromatic rings. The number of esters is 2. The number of carbonyl (C=O) groups excluding carboxylic acids is 3. The van der Waals surface area contributed by atoms with Gasteiger partial charge in [0.15, 0.2) is 5.78 Å².